The van der Waals surface area contributed by atoms with Crippen LogP contribution in [-0.4, -0.2) is 0 Å². The van der Waals surface area contributed by atoms with Crippen molar-refractivity contribution < 1.29 is 0 Å². The molecule has 0 nitrogen and oxygen atoms in total. The van der Waals surface area contributed by atoms with Gasteiger partial charge < -0.3 is 0 Å². The molecule has 0 aliphatic heterocycles. The minimum absolute atomic E-state index is 0.847. The molecule has 0 aromatic rings. The van der Waals surface area contributed by atoms with Gasteiger partial charge in [-0.2, -0.15) is 0 Å². The van der Waals surface area contributed by atoms with E-state index in [1.54, 1.807) is 0 Å². The Labute approximate surface area is 75.4 Å². The molecule has 2 aliphatic carbocycles. The lowest BCUT2D eigenvalue weighted by Crippen LogP contribution is -2.13. The predicted octanol–water partition coefficient (Wildman–Crippen LogP) is 3.41. The fourth-order valence-corrected chi connectivity index (χ4v) is 2.91. The molecule has 0 aromatic heterocycles. The molecule has 0 amide bonds. The maximum absolute atomic E-state index is 2.42. The molecule has 0 heteroatoms. The maximum atomic E-state index is 2.42. The van der Waals surface area contributed by atoms with Crippen LogP contribution in [0.4, 0.5) is 0 Å². The second-order valence-electron chi connectivity index (χ2n) is 4.31. The van der Waals surface area contributed by atoms with Crippen LogP contribution in [0.15, 0.2) is 24.3 Å². The highest BCUT2D eigenvalue weighted by Gasteiger charge is 2.37. The standard InChI is InChI=1S/C12H18/c1-3-10-8-9(2)11-6-4-5-7-12(10)11/h4-7,9-12H,3,8H2,1-2H3. The smallest absolute Gasteiger partial charge is 0.0136 e. The van der Waals surface area contributed by atoms with Crippen LogP contribution in [-0.2, 0) is 0 Å². The summed E-state index contributed by atoms with van der Waals surface area (Å²) in [6.07, 6.45) is 12.1. The fraction of sp³-hybridized carbons (Fsp3) is 0.667. The van der Waals surface area contributed by atoms with Gasteiger partial charge in [-0.25, -0.2) is 0 Å². The summed E-state index contributed by atoms with van der Waals surface area (Å²) in [6.45, 7) is 4.72. The van der Waals surface area contributed by atoms with Gasteiger partial charge in [0.25, 0.3) is 0 Å². The Bertz CT molecular complexity index is 212. The first-order chi connectivity index (χ1) is 5.83. The molecule has 1 saturated carbocycles. The lowest BCUT2D eigenvalue weighted by Gasteiger charge is -2.21. The quantitative estimate of drug-likeness (QED) is 0.554. The van der Waals surface area contributed by atoms with Gasteiger partial charge in [0.2, 0.25) is 0 Å². The highest BCUT2D eigenvalue weighted by molar-refractivity contribution is 5.18. The second kappa shape index (κ2) is 3.08. The van der Waals surface area contributed by atoms with Crippen molar-refractivity contribution in [3.8, 4) is 0 Å². The third-order valence-electron chi connectivity index (χ3n) is 3.62. The van der Waals surface area contributed by atoms with Crippen molar-refractivity contribution in [2.45, 2.75) is 26.7 Å². The van der Waals surface area contributed by atoms with Gasteiger partial charge in [-0.1, -0.05) is 44.6 Å². The van der Waals surface area contributed by atoms with Crippen LogP contribution >= 0.6 is 0 Å². The van der Waals surface area contributed by atoms with Crippen molar-refractivity contribution in [1.29, 1.82) is 0 Å². The Morgan fingerprint density at radius 3 is 2.50 bits per heavy atom. The third kappa shape index (κ3) is 1.14. The van der Waals surface area contributed by atoms with E-state index in [0.29, 0.717) is 0 Å². The zero-order valence-corrected chi connectivity index (χ0v) is 8.03. The zero-order valence-electron chi connectivity index (χ0n) is 8.03. The number of hydrogen-bond acceptors (Lipinski definition) is 0. The molecule has 0 heterocycles. The van der Waals surface area contributed by atoms with Crippen LogP contribution in [0.1, 0.15) is 26.7 Å². The van der Waals surface area contributed by atoms with Gasteiger partial charge in [-0.15, -0.1) is 0 Å². The Kier molecular flexibility index (Phi) is 2.08. The fourth-order valence-electron chi connectivity index (χ4n) is 2.91. The largest absolute Gasteiger partial charge is 0.0806 e. The van der Waals surface area contributed by atoms with E-state index < -0.39 is 0 Å². The number of fused-ring (bicyclic) bond motifs is 1. The summed E-state index contributed by atoms with van der Waals surface area (Å²) >= 11 is 0. The third-order valence-corrected chi connectivity index (χ3v) is 3.62. The van der Waals surface area contributed by atoms with E-state index in [4.69, 9.17) is 0 Å². The van der Waals surface area contributed by atoms with E-state index >= 15 is 0 Å². The van der Waals surface area contributed by atoms with Crippen molar-refractivity contribution in [2.75, 3.05) is 0 Å². The molecular weight excluding hydrogens is 144 g/mol. The number of rotatable bonds is 1. The first kappa shape index (κ1) is 8.10. The molecule has 4 atom stereocenters. The van der Waals surface area contributed by atoms with Gasteiger partial charge in [0, 0.05) is 0 Å². The molecule has 0 aromatic carbocycles. The van der Waals surface area contributed by atoms with Gasteiger partial charge in [0.15, 0.2) is 0 Å². The molecule has 0 saturated heterocycles. The van der Waals surface area contributed by atoms with Gasteiger partial charge in [-0.3, -0.25) is 0 Å². The minimum Gasteiger partial charge on any atom is -0.0806 e. The Hall–Kier alpha value is -0.520. The normalized spacial score (nSPS) is 44.8. The van der Waals surface area contributed by atoms with E-state index in [-0.39, 0.29) is 0 Å². The maximum Gasteiger partial charge on any atom is -0.0136 e. The molecule has 66 valence electrons. The van der Waals surface area contributed by atoms with Crippen LogP contribution < -0.4 is 0 Å². The van der Waals surface area contributed by atoms with Crippen LogP contribution in [0.25, 0.3) is 0 Å². The molecule has 12 heavy (non-hydrogen) atoms. The highest BCUT2D eigenvalue weighted by atomic mass is 14.4. The summed E-state index contributed by atoms with van der Waals surface area (Å²) in [4.78, 5) is 0. The van der Waals surface area contributed by atoms with E-state index in [2.05, 4.69) is 38.2 Å². The predicted molar refractivity (Wildman–Crippen MR) is 52.8 cm³/mol. The second-order valence-corrected chi connectivity index (χ2v) is 4.31. The lowest BCUT2D eigenvalue weighted by molar-refractivity contribution is 0.401. The number of hydrogen-bond donors (Lipinski definition) is 0. The first-order valence-corrected chi connectivity index (χ1v) is 5.18. The van der Waals surface area contributed by atoms with Crippen molar-refractivity contribution in [2.24, 2.45) is 23.7 Å². The average Bonchev–Trinajstić information content (AvgIpc) is 2.44. The molecule has 0 spiro atoms. The number of allylic oxidation sites excluding steroid dienone is 4. The highest BCUT2D eigenvalue weighted by Crippen LogP contribution is 2.45. The van der Waals surface area contributed by atoms with E-state index in [1.807, 2.05) is 0 Å². The van der Waals surface area contributed by atoms with Gasteiger partial charge in [-0.05, 0) is 30.1 Å². The molecule has 1 fully saturated rings. The Morgan fingerprint density at radius 1 is 1.17 bits per heavy atom. The first-order valence-electron chi connectivity index (χ1n) is 5.18. The zero-order chi connectivity index (χ0) is 8.55. The van der Waals surface area contributed by atoms with Crippen LogP contribution in [0.3, 0.4) is 0 Å². The SMILES string of the molecule is CCC1CC(C)C2C=CC=CC12. The molecule has 0 radical (unpaired) electrons. The minimum atomic E-state index is 0.847. The summed E-state index contributed by atoms with van der Waals surface area (Å²) in [5, 5.41) is 0. The van der Waals surface area contributed by atoms with Crippen molar-refractivity contribution in [3.05, 3.63) is 24.3 Å². The monoisotopic (exact) mass is 162 g/mol. The summed E-state index contributed by atoms with van der Waals surface area (Å²) < 4.78 is 0. The summed E-state index contributed by atoms with van der Waals surface area (Å²) in [5.74, 6) is 3.56. The van der Waals surface area contributed by atoms with Crippen molar-refractivity contribution >= 4 is 0 Å². The summed E-state index contributed by atoms with van der Waals surface area (Å²) in [7, 11) is 0. The summed E-state index contributed by atoms with van der Waals surface area (Å²) in [5.41, 5.74) is 0. The average molecular weight is 162 g/mol. The van der Waals surface area contributed by atoms with Gasteiger partial charge in [0.05, 0.1) is 0 Å². The van der Waals surface area contributed by atoms with E-state index in [0.717, 1.165) is 23.7 Å². The summed E-state index contributed by atoms with van der Waals surface area (Å²) in [6, 6.07) is 0. The van der Waals surface area contributed by atoms with Gasteiger partial charge >= 0.3 is 0 Å². The van der Waals surface area contributed by atoms with Crippen LogP contribution in [0.5, 0.6) is 0 Å². The van der Waals surface area contributed by atoms with Crippen LogP contribution in [0, 0.1) is 23.7 Å². The van der Waals surface area contributed by atoms with E-state index in [9.17, 15) is 0 Å². The molecule has 4 unspecified atom stereocenters. The van der Waals surface area contributed by atoms with Crippen molar-refractivity contribution in [1.82, 2.24) is 0 Å². The lowest BCUT2D eigenvalue weighted by atomic mass is 9.83. The molecule has 2 aliphatic rings. The van der Waals surface area contributed by atoms with E-state index in [1.165, 1.54) is 12.8 Å². The Morgan fingerprint density at radius 2 is 1.83 bits per heavy atom. The Balaban J connectivity index is 2.18. The molecule has 2 rings (SSSR count). The molecular formula is C12H18. The van der Waals surface area contributed by atoms with Crippen LogP contribution in [0.2, 0.25) is 0 Å². The van der Waals surface area contributed by atoms with Crippen molar-refractivity contribution in [3.63, 3.8) is 0 Å². The molecule has 0 bridgehead atoms. The topological polar surface area (TPSA) is 0 Å². The van der Waals surface area contributed by atoms with Gasteiger partial charge in [0.1, 0.15) is 0 Å². The molecule has 0 N–H and O–H groups in total.